The lowest BCUT2D eigenvalue weighted by Gasteiger charge is -2.37. The van der Waals surface area contributed by atoms with Gasteiger partial charge in [0.2, 0.25) is 11.8 Å². The lowest BCUT2D eigenvalue weighted by Crippen LogP contribution is -2.56. The van der Waals surface area contributed by atoms with Gasteiger partial charge in [0.05, 0.1) is 6.04 Å². The average molecular weight is 636 g/mol. The molecule has 0 aromatic heterocycles. The minimum atomic E-state index is -0.791. The van der Waals surface area contributed by atoms with E-state index in [4.69, 9.17) is 4.74 Å². The Bertz CT molecular complexity index is 1250. The molecule has 252 valence electrons. The van der Waals surface area contributed by atoms with Crippen molar-refractivity contribution in [1.29, 1.82) is 0 Å². The Balaban J connectivity index is 1.36. The fourth-order valence-electron chi connectivity index (χ4n) is 6.24. The quantitative estimate of drug-likeness (QED) is 0.250. The molecule has 4 N–H and O–H groups in total. The molecule has 0 spiro atoms. The number of nitrogens with one attached hydrogen (secondary N) is 3. The number of hydrogen-bond donors (Lipinski definition) is 4. The third-order valence-electron chi connectivity index (χ3n) is 8.75. The third kappa shape index (κ3) is 11.1. The number of aliphatic hydroxyl groups excluding tert-OH is 1. The zero-order valence-electron chi connectivity index (χ0n) is 28.0. The van der Waals surface area contributed by atoms with E-state index >= 15 is 0 Å². The van der Waals surface area contributed by atoms with Crippen LogP contribution in [0.25, 0.3) is 0 Å². The number of amides is 3. The molecular formula is C36H53N5O5. The van der Waals surface area contributed by atoms with Crippen LogP contribution in [0.2, 0.25) is 0 Å². The van der Waals surface area contributed by atoms with Crippen LogP contribution in [0.15, 0.2) is 54.6 Å². The Morgan fingerprint density at radius 1 is 0.913 bits per heavy atom. The van der Waals surface area contributed by atoms with Gasteiger partial charge in [0.15, 0.2) is 0 Å². The maximum Gasteiger partial charge on any atom is 0.408 e. The average Bonchev–Trinajstić information content (AvgIpc) is 3.04. The number of carbonyl (C=O) groups excluding carboxylic acids is 3. The number of ether oxygens (including phenoxy) is 1. The number of alkyl carbamates (subject to hydrolysis) is 1. The van der Waals surface area contributed by atoms with E-state index in [1.807, 2.05) is 54.3 Å². The van der Waals surface area contributed by atoms with Gasteiger partial charge in [0.25, 0.3) is 0 Å². The first kappa shape index (κ1) is 35.4. The van der Waals surface area contributed by atoms with E-state index in [0.717, 1.165) is 57.3 Å². The predicted octanol–water partition coefficient (Wildman–Crippen LogP) is 4.67. The summed E-state index contributed by atoms with van der Waals surface area (Å²) in [4.78, 5) is 44.0. The first-order chi connectivity index (χ1) is 22.0. The summed E-state index contributed by atoms with van der Waals surface area (Å²) in [6.45, 7) is 11.0. The Morgan fingerprint density at radius 2 is 1.57 bits per heavy atom. The van der Waals surface area contributed by atoms with E-state index in [-0.39, 0.29) is 17.7 Å². The molecule has 1 aliphatic heterocycles. The molecule has 3 atom stereocenters. The molecule has 4 rings (SSSR count). The first-order valence-corrected chi connectivity index (χ1v) is 16.9. The fraction of sp³-hybridized carbons (Fsp3) is 0.583. The molecule has 1 unspecified atom stereocenters. The zero-order valence-corrected chi connectivity index (χ0v) is 28.0. The maximum absolute atomic E-state index is 13.7. The van der Waals surface area contributed by atoms with Gasteiger partial charge in [-0.25, -0.2) is 4.79 Å². The van der Waals surface area contributed by atoms with Crippen molar-refractivity contribution >= 4 is 23.6 Å². The van der Waals surface area contributed by atoms with Crippen molar-refractivity contribution in [3.05, 3.63) is 65.7 Å². The van der Waals surface area contributed by atoms with E-state index in [0.29, 0.717) is 31.6 Å². The normalized spacial score (nSPS) is 18.3. The minimum absolute atomic E-state index is 0.0206. The second-order valence-electron chi connectivity index (χ2n) is 13.6. The van der Waals surface area contributed by atoms with Crippen molar-refractivity contribution < 1.29 is 24.2 Å². The molecule has 1 saturated heterocycles. The van der Waals surface area contributed by atoms with E-state index in [1.165, 1.54) is 5.56 Å². The van der Waals surface area contributed by atoms with Crippen molar-refractivity contribution in [2.45, 2.75) is 103 Å². The Morgan fingerprint density at radius 3 is 2.17 bits per heavy atom. The van der Waals surface area contributed by atoms with Gasteiger partial charge in [-0.05, 0) is 75.6 Å². The van der Waals surface area contributed by atoms with Crippen LogP contribution in [0.4, 0.5) is 10.5 Å². The molecule has 1 heterocycles. The lowest BCUT2D eigenvalue weighted by molar-refractivity contribution is -0.136. The highest BCUT2D eigenvalue weighted by Crippen LogP contribution is 2.28. The third-order valence-corrected chi connectivity index (χ3v) is 8.75. The summed E-state index contributed by atoms with van der Waals surface area (Å²) in [6, 6.07) is 16.5. The molecule has 1 saturated carbocycles. The van der Waals surface area contributed by atoms with Crippen LogP contribution in [-0.2, 0) is 27.3 Å². The lowest BCUT2D eigenvalue weighted by atomic mass is 9.83. The highest BCUT2D eigenvalue weighted by Gasteiger charge is 2.33. The molecule has 2 aliphatic rings. The number of rotatable bonds is 12. The van der Waals surface area contributed by atoms with Gasteiger partial charge in [-0.3, -0.25) is 19.8 Å². The Kier molecular flexibility index (Phi) is 13.0. The van der Waals surface area contributed by atoms with Gasteiger partial charge < -0.3 is 25.4 Å². The summed E-state index contributed by atoms with van der Waals surface area (Å²) in [5, 5.41) is 19.3. The highest BCUT2D eigenvalue weighted by molar-refractivity contribution is 5.96. The summed E-state index contributed by atoms with van der Waals surface area (Å²) in [7, 11) is 0. The minimum Gasteiger partial charge on any atom is -0.444 e. The second-order valence-corrected chi connectivity index (χ2v) is 13.6. The van der Waals surface area contributed by atoms with Crippen molar-refractivity contribution in [3.63, 3.8) is 0 Å². The number of piperazine rings is 1. The predicted molar refractivity (Wildman–Crippen MR) is 180 cm³/mol. The number of nitrogens with zero attached hydrogens (tertiary/aromatic N) is 2. The molecule has 1 aliphatic carbocycles. The summed E-state index contributed by atoms with van der Waals surface area (Å²) < 4.78 is 5.45. The molecule has 46 heavy (non-hydrogen) atoms. The van der Waals surface area contributed by atoms with Crippen molar-refractivity contribution in [2.75, 3.05) is 31.5 Å². The molecule has 0 radical (unpaired) electrons. The smallest absolute Gasteiger partial charge is 0.408 e. The fourth-order valence-corrected chi connectivity index (χ4v) is 6.24. The number of anilines is 1. The standard InChI is InChI=1S/C36H53N5O5/c1-5-31(42)38-30(34(44)41-22-20-40(21-23-41)25-27-12-8-6-9-13-27)24-26-16-18-29(19-17-26)37-33(43)32(28-14-10-7-11-15-28)39-35(45)46-36(2,3)4/h6,8-9,12-13,16-19,28,30-32,38,42H,5,7,10-11,14-15,20-25H2,1-4H3,(H,37,43)(H,39,45)/t30-,31?,32+/m1/s1. The van der Waals surface area contributed by atoms with Crippen LogP contribution in [0, 0.1) is 5.92 Å². The molecular weight excluding hydrogens is 582 g/mol. The largest absolute Gasteiger partial charge is 0.444 e. The number of aliphatic hydroxyl groups is 1. The summed E-state index contributed by atoms with van der Waals surface area (Å²) in [5.41, 5.74) is 2.12. The van der Waals surface area contributed by atoms with Crippen LogP contribution in [0.3, 0.4) is 0 Å². The maximum atomic E-state index is 13.7. The van der Waals surface area contributed by atoms with Crippen LogP contribution in [0.1, 0.15) is 77.3 Å². The van der Waals surface area contributed by atoms with Crippen molar-refractivity contribution in [3.8, 4) is 0 Å². The van der Waals surface area contributed by atoms with Gasteiger partial charge in [-0.15, -0.1) is 0 Å². The van der Waals surface area contributed by atoms with Crippen LogP contribution >= 0.6 is 0 Å². The zero-order chi connectivity index (χ0) is 33.1. The monoisotopic (exact) mass is 635 g/mol. The van der Waals surface area contributed by atoms with Gasteiger partial charge in [0.1, 0.15) is 17.9 Å². The van der Waals surface area contributed by atoms with Crippen molar-refractivity contribution in [2.24, 2.45) is 5.92 Å². The Labute approximate surface area is 274 Å². The molecule has 2 aromatic carbocycles. The molecule has 0 bridgehead atoms. The molecule has 2 aromatic rings. The van der Waals surface area contributed by atoms with E-state index in [1.54, 1.807) is 20.8 Å². The van der Waals surface area contributed by atoms with Crippen LogP contribution in [0.5, 0.6) is 0 Å². The van der Waals surface area contributed by atoms with E-state index in [2.05, 4.69) is 33.0 Å². The molecule has 2 fully saturated rings. The van der Waals surface area contributed by atoms with Gasteiger partial charge in [0, 0.05) is 38.4 Å². The second kappa shape index (κ2) is 16.9. The van der Waals surface area contributed by atoms with Crippen LogP contribution in [-0.4, -0.2) is 82.9 Å². The molecule has 10 nitrogen and oxygen atoms in total. The van der Waals surface area contributed by atoms with Gasteiger partial charge >= 0.3 is 6.09 Å². The molecule has 10 heteroatoms. The summed E-state index contributed by atoms with van der Waals surface area (Å²) in [5.74, 6) is -0.242. The number of benzene rings is 2. The SMILES string of the molecule is CCC(O)N[C@H](Cc1ccc(NC(=O)[C@@H](NC(=O)OC(C)(C)C)C2CCCCC2)cc1)C(=O)N1CCN(Cc2ccccc2)CC1. The highest BCUT2D eigenvalue weighted by atomic mass is 16.6. The van der Waals surface area contributed by atoms with E-state index in [9.17, 15) is 19.5 Å². The summed E-state index contributed by atoms with van der Waals surface area (Å²) >= 11 is 0. The van der Waals surface area contributed by atoms with E-state index < -0.39 is 30.0 Å². The summed E-state index contributed by atoms with van der Waals surface area (Å²) in [6.07, 6.45) is 4.45. The van der Waals surface area contributed by atoms with Gasteiger partial charge in [-0.1, -0.05) is 68.7 Å². The number of carbonyl (C=O) groups is 3. The molecule has 3 amide bonds. The van der Waals surface area contributed by atoms with Gasteiger partial charge in [-0.2, -0.15) is 0 Å². The first-order valence-electron chi connectivity index (χ1n) is 16.9. The topological polar surface area (TPSA) is 123 Å². The van der Waals surface area contributed by atoms with Crippen molar-refractivity contribution in [1.82, 2.24) is 20.4 Å². The Hall–Kier alpha value is -3.47. The number of hydrogen-bond acceptors (Lipinski definition) is 7. The van der Waals surface area contributed by atoms with Crippen LogP contribution < -0.4 is 16.0 Å².